The van der Waals surface area contributed by atoms with Crippen molar-refractivity contribution in [2.45, 2.75) is 65.5 Å². The van der Waals surface area contributed by atoms with Crippen molar-refractivity contribution in [3.63, 3.8) is 0 Å². The van der Waals surface area contributed by atoms with Crippen molar-refractivity contribution in [1.29, 1.82) is 0 Å². The maximum Gasteiger partial charge on any atom is 0.408 e. The van der Waals surface area contributed by atoms with Crippen LogP contribution in [-0.4, -0.2) is 23.5 Å². The average molecular weight is 253 g/mol. The molecule has 0 saturated heterocycles. The van der Waals surface area contributed by atoms with Crippen LogP contribution >= 0.6 is 0 Å². The minimum absolute atomic E-state index is 0.294. The van der Waals surface area contributed by atoms with Gasteiger partial charge in [0.1, 0.15) is 11.6 Å². The Balaban J connectivity index is 4.14. The van der Waals surface area contributed by atoms with Crippen molar-refractivity contribution in [2.75, 3.05) is 0 Å². The van der Waals surface area contributed by atoms with E-state index in [-0.39, 0.29) is 5.78 Å². The molecule has 0 aromatic heterocycles. The highest BCUT2D eigenvalue weighted by atomic mass is 16.6. The second kappa shape index (κ2) is 7.75. The molecule has 4 nitrogen and oxygen atoms in total. The van der Waals surface area contributed by atoms with Crippen molar-refractivity contribution < 1.29 is 14.3 Å². The number of unbranched alkanes of at least 4 members (excludes halogenated alkanes) is 2. The number of alkyl carbamates (subject to hydrolysis) is 1. The summed E-state index contributed by atoms with van der Waals surface area (Å²) in [5.41, 5.74) is -0.570. The van der Waals surface area contributed by atoms with Crippen LogP contribution in [0.15, 0.2) is 0 Å². The highest BCUT2D eigenvalue weighted by Gasteiger charge is 2.19. The van der Waals surface area contributed by atoms with E-state index >= 15 is 0 Å². The number of nitrogens with one attached hydrogen (secondary N) is 1. The van der Waals surface area contributed by atoms with Gasteiger partial charge < -0.3 is 10.1 Å². The molecule has 0 saturated carbocycles. The van der Waals surface area contributed by atoms with Crippen molar-refractivity contribution in [3.05, 3.63) is 0 Å². The predicted octanol–water partition coefficient (Wildman–Crippen LogP) is 2.66. The van der Waals surface area contributed by atoms with Gasteiger partial charge in [-0.05, 0) is 40.0 Å². The molecule has 0 bridgehead atoms. The van der Waals surface area contributed by atoms with Crippen LogP contribution in [0.2, 0.25) is 0 Å². The Morgan fingerprint density at radius 1 is 1.33 bits per heavy atom. The van der Waals surface area contributed by atoms with E-state index in [9.17, 15) is 9.59 Å². The molecule has 0 aromatic carbocycles. The molecular weight excluding hydrogens is 230 g/mol. The van der Waals surface area contributed by atoms with Gasteiger partial charge in [-0.3, -0.25) is 4.79 Å². The zero-order valence-corrected chi connectivity index (χ0v) is 11.9. The fraction of sp³-hybridized carbons (Fsp3) is 0.714. The van der Waals surface area contributed by atoms with Gasteiger partial charge in [-0.25, -0.2) is 4.79 Å². The Hall–Kier alpha value is -1.50. The number of amides is 1. The maximum absolute atomic E-state index is 11.6. The van der Waals surface area contributed by atoms with Crippen LogP contribution < -0.4 is 5.32 Å². The lowest BCUT2D eigenvalue weighted by Gasteiger charge is -2.20. The monoisotopic (exact) mass is 253 g/mol. The molecule has 0 fully saturated rings. The molecule has 4 heteroatoms. The summed E-state index contributed by atoms with van der Waals surface area (Å²) in [6, 6.07) is -0.644. The minimum atomic E-state index is -0.644. The lowest BCUT2D eigenvalue weighted by molar-refractivity contribution is -0.115. The third kappa shape index (κ3) is 8.63. The molecule has 1 N–H and O–H groups in total. The summed E-state index contributed by atoms with van der Waals surface area (Å²) in [7, 11) is 0. The van der Waals surface area contributed by atoms with Crippen molar-refractivity contribution in [1.82, 2.24) is 5.32 Å². The molecule has 0 aliphatic rings. The summed E-state index contributed by atoms with van der Waals surface area (Å²) >= 11 is 0. The number of carbonyl (C=O) groups is 2. The summed E-state index contributed by atoms with van der Waals surface area (Å²) in [4.78, 5) is 23.0. The summed E-state index contributed by atoms with van der Waals surface area (Å²) < 4.78 is 5.05. The molecule has 102 valence electrons. The predicted molar refractivity (Wildman–Crippen MR) is 71.1 cm³/mol. The van der Waals surface area contributed by atoms with Crippen molar-refractivity contribution in [3.8, 4) is 11.8 Å². The molecule has 1 atom stereocenters. The number of carbonyl (C=O) groups excluding carboxylic acids is 2. The standard InChI is InChI=1S/C14H23NO3/c1-6-7-8-9-10-12(16)11(2)15-13(17)18-14(3,4)5/h11H,6-8H2,1-5H3,(H,15,17). The van der Waals surface area contributed by atoms with Crippen molar-refractivity contribution in [2.24, 2.45) is 0 Å². The zero-order chi connectivity index (χ0) is 14.2. The van der Waals surface area contributed by atoms with Crippen LogP contribution in [0.5, 0.6) is 0 Å². The van der Waals surface area contributed by atoms with Gasteiger partial charge in [0.2, 0.25) is 5.78 Å². The highest BCUT2D eigenvalue weighted by Crippen LogP contribution is 2.06. The third-order valence-corrected chi connectivity index (χ3v) is 1.99. The van der Waals surface area contributed by atoms with Crippen molar-refractivity contribution >= 4 is 11.9 Å². The highest BCUT2D eigenvalue weighted by molar-refractivity contribution is 6.00. The summed E-state index contributed by atoms with van der Waals surface area (Å²) in [6.45, 7) is 8.97. The van der Waals surface area contributed by atoms with E-state index in [1.54, 1.807) is 27.7 Å². The lowest BCUT2D eigenvalue weighted by Crippen LogP contribution is -2.41. The van der Waals surface area contributed by atoms with Gasteiger partial charge in [-0.1, -0.05) is 19.3 Å². The number of rotatable bonds is 4. The molecule has 0 aromatic rings. The molecule has 0 rings (SSSR count). The van der Waals surface area contributed by atoms with E-state index < -0.39 is 17.7 Å². The maximum atomic E-state index is 11.6. The Kier molecular flexibility index (Phi) is 7.11. The number of hydrogen-bond donors (Lipinski definition) is 1. The van der Waals surface area contributed by atoms with E-state index in [0.717, 1.165) is 12.8 Å². The molecule has 1 unspecified atom stereocenters. The average Bonchev–Trinajstić information content (AvgIpc) is 2.21. The van der Waals surface area contributed by atoms with Gasteiger partial charge in [0.05, 0.1) is 0 Å². The van der Waals surface area contributed by atoms with Crippen LogP contribution in [-0.2, 0) is 9.53 Å². The smallest absolute Gasteiger partial charge is 0.408 e. The molecule has 0 radical (unpaired) electrons. The summed E-state index contributed by atoms with van der Waals surface area (Å²) in [6.07, 6.45) is 2.14. The molecule has 0 spiro atoms. The number of ketones is 1. The minimum Gasteiger partial charge on any atom is -0.444 e. The Morgan fingerprint density at radius 3 is 2.44 bits per heavy atom. The van der Waals surface area contributed by atoms with Gasteiger partial charge >= 0.3 is 6.09 Å². The van der Waals surface area contributed by atoms with E-state index in [2.05, 4.69) is 24.1 Å². The second-order valence-corrected chi connectivity index (χ2v) is 5.14. The Bertz CT molecular complexity index is 344. The number of hydrogen-bond acceptors (Lipinski definition) is 3. The third-order valence-electron chi connectivity index (χ3n) is 1.99. The first-order valence-corrected chi connectivity index (χ1v) is 6.28. The second-order valence-electron chi connectivity index (χ2n) is 5.14. The Labute approximate surface area is 109 Å². The van der Waals surface area contributed by atoms with Crippen LogP contribution in [0, 0.1) is 11.8 Å². The molecule has 1 amide bonds. The van der Waals surface area contributed by atoms with Gasteiger partial charge in [-0.15, -0.1) is 0 Å². The topological polar surface area (TPSA) is 55.4 Å². The van der Waals surface area contributed by atoms with Gasteiger partial charge in [0.15, 0.2) is 0 Å². The normalized spacial score (nSPS) is 12.1. The van der Waals surface area contributed by atoms with Gasteiger partial charge in [-0.2, -0.15) is 0 Å². The number of ether oxygens (including phenoxy) is 1. The van der Waals surface area contributed by atoms with Crippen LogP contribution in [0.1, 0.15) is 53.9 Å². The molecule has 0 aliphatic carbocycles. The van der Waals surface area contributed by atoms with E-state index in [0.29, 0.717) is 6.42 Å². The van der Waals surface area contributed by atoms with E-state index in [1.165, 1.54) is 0 Å². The molecule has 0 heterocycles. The van der Waals surface area contributed by atoms with Crippen LogP contribution in [0.3, 0.4) is 0 Å². The van der Waals surface area contributed by atoms with Crippen LogP contribution in [0.4, 0.5) is 4.79 Å². The first-order valence-electron chi connectivity index (χ1n) is 6.28. The fourth-order valence-electron chi connectivity index (χ4n) is 1.07. The first kappa shape index (κ1) is 16.5. The first-order chi connectivity index (χ1) is 8.26. The Morgan fingerprint density at radius 2 is 1.94 bits per heavy atom. The largest absolute Gasteiger partial charge is 0.444 e. The fourth-order valence-corrected chi connectivity index (χ4v) is 1.07. The molecule has 18 heavy (non-hydrogen) atoms. The van der Waals surface area contributed by atoms with E-state index in [4.69, 9.17) is 4.74 Å². The van der Waals surface area contributed by atoms with E-state index in [1.807, 2.05) is 0 Å². The van der Waals surface area contributed by atoms with Gasteiger partial charge in [0, 0.05) is 6.42 Å². The number of Topliss-reactive ketones (excluding diaryl/α,β-unsaturated/α-hetero) is 1. The quantitative estimate of drug-likeness (QED) is 0.476. The summed E-state index contributed by atoms with van der Waals surface area (Å²) in [5, 5.41) is 2.46. The van der Waals surface area contributed by atoms with Gasteiger partial charge in [0.25, 0.3) is 0 Å². The zero-order valence-electron chi connectivity index (χ0n) is 11.9. The lowest BCUT2D eigenvalue weighted by atomic mass is 10.2. The molecular formula is C14H23NO3. The summed E-state index contributed by atoms with van der Waals surface area (Å²) in [5.74, 6) is 5.03. The van der Waals surface area contributed by atoms with Crippen LogP contribution in [0.25, 0.3) is 0 Å². The molecule has 0 aliphatic heterocycles. The SMILES string of the molecule is CCCCC#CC(=O)C(C)NC(=O)OC(C)(C)C.